The van der Waals surface area contributed by atoms with Gasteiger partial charge >= 0.3 is 0 Å². The third-order valence-electron chi connectivity index (χ3n) is 4.45. The predicted molar refractivity (Wildman–Crippen MR) is 89.0 cm³/mol. The molecule has 0 spiro atoms. The molecule has 1 atom stereocenters. The first kappa shape index (κ1) is 15.7. The summed E-state index contributed by atoms with van der Waals surface area (Å²) in [5.41, 5.74) is 3.75. The number of pyridine rings is 1. The van der Waals surface area contributed by atoms with Gasteiger partial charge in [-0.2, -0.15) is 0 Å². The van der Waals surface area contributed by atoms with Crippen LogP contribution in [0.15, 0.2) is 30.6 Å². The monoisotopic (exact) mass is 313 g/mol. The van der Waals surface area contributed by atoms with Gasteiger partial charge in [-0.3, -0.25) is 9.78 Å². The Bertz CT molecular complexity index is 694. The number of carbonyl (C=O) groups is 1. The quantitative estimate of drug-likeness (QED) is 0.875. The topological polar surface area (TPSA) is 47.4 Å². The molecule has 0 radical (unpaired) electrons. The molecular weight excluding hydrogens is 290 g/mol. The highest BCUT2D eigenvalue weighted by atomic mass is 16.5. The summed E-state index contributed by atoms with van der Waals surface area (Å²) in [4.78, 5) is 19.0. The molecule has 3 heterocycles. The molecular formula is C18H23N3O2. The fourth-order valence-electron chi connectivity index (χ4n) is 3.18. The molecule has 1 aliphatic heterocycles. The van der Waals surface area contributed by atoms with Gasteiger partial charge in [-0.05, 0) is 38.5 Å². The summed E-state index contributed by atoms with van der Waals surface area (Å²) in [6.07, 6.45) is 4.64. The number of ether oxygens (including phenoxy) is 1. The summed E-state index contributed by atoms with van der Waals surface area (Å²) in [7, 11) is 0. The van der Waals surface area contributed by atoms with Crippen molar-refractivity contribution >= 4 is 5.91 Å². The molecule has 1 saturated heterocycles. The van der Waals surface area contributed by atoms with E-state index in [0.717, 1.165) is 29.1 Å². The Kier molecular flexibility index (Phi) is 4.48. The molecule has 1 aliphatic rings. The van der Waals surface area contributed by atoms with E-state index < -0.39 is 0 Å². The van der Waals surface area contributed by atoms with Gasteiger partial charge in [0.15, 0.2) is 0 Å². The molecule has 1 unspecified atom stereocenters. The number of nitrogens with zero attached hydrogens (tertiary/aromatic N) is 3. The van der Waals surface area contributed by atoms with E-state index in [0.29, 0.717) is 19.7 Å². The van der Waals surface area contributed by atoms with Crippen molar-refractivity contribution in [1.29, 1.82) is 0 Å². The lowest BCUT2D eigenvalue weighted by Gasteiger charge is -2.32. The Balaban J connectivity index is 1.90. The van der Waals surface area contributed by atoms with E-state index in [9.17, 15) is 4.79 Å². The van der Waals surface area contributed by atoms with E-state index in [1.807, 2.05) is 43.1 Å². The van der Waals surface area contributed by atoms with Gasteiger partial charge in [-0.25, -0.2) is 0 Å². The maximum absolute atomic E-state index is 12.9. The second kappa shape index (κ2) is 6.54. The van der Waals surface area contributed by atoms with Crippen LogP contribution in [0.5, 0.6) is 0 Å². The van der Waals surface area contributed by atoms with E-state index >= 15 is 0 Å². The molecule has 2 aromatic rings. The number of rotatable bonds is 3. The molecule has 3 rings (SSSR count). The van der Waals surface area contributed by atoms with E-state index in [1.165, 1.54) is 0 Å². The third-order valence-corrected chi connectivity index (χ3v) is 4.45. The van der Waals surface area contributed by atoms with Crippen molar-refractivity contribution in [2.24, 2.45) is 0 Å². The van der Waals surface area contributed by atoms with Gasteiger partial charge in [-0.15, -0.1) is 0 Å². The lowest BCUT2D eigenvalue weighted by Crippen LogP contribution is -2.45. The zero-order valence-corrected chi connectivity index (χ0v) is 14.0. The fraction of sp³-hybridized carbons (Fsp3) is 0.444. The van der Waals surface area contributed by atoms with Crippen LogP contribution in [0.25, 0.3) is 5.69 Å². The third kappa shape index (κ3) is 3.01. The lowest BCUT2D eigenvalue weighted by molar-refractivity contribution is -0.0226. The molecule has 0 aliphatic carbocycles. The van der Waals surface area contributed by atoms with Crippen molar-refractivity contribution in [3.63, 3.8) is 0 Å². The highest BCUT2D eigenvalue weighted by Crippen LogP contribution is 2.22. The number of aromatic nitrogens is 2. The minimum absolute atomic E-state index is 0.0926. The standard InChI is InChI=1S/C18H23N3O2/c1-4-16-12-20(8-9-23-16)18(22)17-10-13(2)21(14(17)3)15-6-5-7-19-11-15/h5-7,10-11,16H,4,8-9,12H2,1-3H3. The Morgan fingerprint density at radius 2 is 2.26 bits per heavy atom. The van der Waals surface area contributed by atoms with Gasteiger partial charge < -0.3 is 14.2 Å². The minimum atomic E-state index is 0.0926. The van der Waals surface area contributed by atoms with Crippen molar-refractivity contribution in [3.05, 3.63) is 47.5 Å². The molecule has 0 N–H and O–H groups in total. The van der Waals surface area contributed by atoms with Crippen LogP contribution in [0.3, 0.4) is 0 Å². The molecule has 0 bridgehead atoms. The van der Waals surface area contributed by atoms with Gasteiger partial charge in [0.25, 0.3) is 5.91 Å². The Labute approximate surface area is 136 Å². The van der Waals surface area contributed by atoms with Crippen molar-refractivity contribution in [3.8, 4) is 5.69 Å². The average molecular weight is 313 g/mol. The van der Waals surface area contributed by atoms with Crippen molar-refractivity contribution in [1.82, 2.24) is 14.5 Å². The summed E-state index contributed by atoms with van der Waals surface area (Å²) >= 11 is 0. The highest BCUT2D eigenvalue weighted by Gasteiger charge is 2.26. The number of carbonyl (C=O) groups excluding carboxylic acids is 1. The summed E-state index contributed by atoms with van der Waals surface area (Å²) in [5.74, 6) is 0.0926. The number of morpholine rings is 1. The molecule has 1 amide bonds. The first-order valence-corrected chi connectivity index (χ1v) is 8.12. The Hall–Kier alpha value is -2.14. The second-order valence-corrected chi connectivity index (χ2v) is 5.98. The van der Waals surface area contributed by atoms with Crippen LogP contribution in [-0.4, -0.2) is 46.2 Å². The first-order valence-electron chi connectivity index (χ1n) is 8.12. The predicted octanol–water partition coefficient (Wildman–Crippen LogP) is 2.74. The molecule has 5 nitrogen and oxygen atoms in total. The normalized spacial score (nSPS) is 18.2. The van der Waals surface area contributed by atoms with Gasteiger partial charge in [0.1, 0.15) is 0 Å². The number of hydrogen-bond acceptors (Lipinski definition) is 3. The Morgan fingerprint density at radius 1 is 1.43 bits per heavy atom. The maximum atomic E-state index is 12.9. The summed E-state index contributed by atoms with van der Waals surface area (Å²) in [6.45, 7) is 8.05. The van der Waals surface area contributed by atoms with Crippen molar-refractivity contribution < 1.29 is 9.53 Å². The molecule has 0 aromatic carbocycles. The van der Waals surface area contributed by atoms with Crippen LogP contribution in [-0.2, 0) is 4.74 Å². The zero-order chi connectivity index (χ0) is 16.4. The number of amides is 1. The van der Waals surface area contributed by atoms with Gasteiger partial charge in [-0.1, -0.05) is 6.92 Å². The first-order chi connectivity index (χ1) is 11.1. The molecule has 122 valence electrons. The zero-order valence-electron chi connectivity index (χ0n) is 14.0. The van der Waals surface area contributed by atoms with E-state index in [-0.39, 0.29) is 12.0 Å². The van der Waals surface area contributed by atoms with Gasteiger partial charge in [0.05, 0.1) is 30.2 Å². The lowest BCUT2D eigenvalue weighted by atomic mass is 10.1. The molecule has 1 fully saturated rings. The van der Waals surface area contributed by atoms with Crippen LogP contribution in [0.4, 0.5) is 0 Å². The van der Waals surface area contributed by atoms with Crippen LogP contribution >= 0.6 is 0 Å². The number of hydrogen-bond donors (Lipinski definition) is 0. The number of aryl methyl sites for hydroxylation is 1. The molecule has 23 heavy (non-hydrogen) atoms. The molecule has 2 aromatic heterocycles. The van der Waals surface area contributed by atoms with Crippen molar-refractivity contribution in [2.75, 3.05) is 19.7 Å². The maximum Gasteiger partial charge on any atom is 0.255 e. The Morgan fingerprint density at radius 3 is 2.96 bits per heavy atom. The average Bonchev–Trinajstić information content (AvgIpc) is 2.89. The SMILES string of the molecule is CCC1CN(C(=O)c2cc(C)n(-c3cccnc3)c2C)CCO1. The molecule has 0 saturated carbocycles. The fourth-order valence-corrected chi connectivity index (χ4v) is 3.18. The van der Waals surface area contributed by atoms with Gasteiger partial charge in [0, 0.05) is 30.7 Å². The second-order valence-electron chi connectivity index (χ2n) is 5.98. The summed E-state index contributed by atoms with van der Waals surface area (Å²) in [6, 6.07) is 5.88. The highest BCUT2D eigenvalue weighted by molar-refractivity contribution is 5.96. The van der Waals surface area contributed by atoms with Crippen molar-refractivity contribution in [2.45, 2.75) is 33.3 Å². The van der Waals surface area contributed by atoms with Crippen LogP contribution in [0.1, 0.15) is 35.1 Å². The molecule has 5 heteroatoms. The van der Waals surface area contributed by atoms with Crippen LogP contribution in [0, 0.1) is 13.8 Å². The van der Waals surface area contributed by atoms with Crippen LogP contribution < -0.4 is 0 Å². The smallest absolute Gasteiger partial charge is 0.255 e. The summed E-state index contributed by atoms with van der Waals surface area (Å²) in [5, 5.41) is 0. The van der Waals surface area contributed by atoms with E-state index in [2.05, 4.69) is 16.5 Å². The van der Waals surface area contributed by atoms with Crippen LogP contribution in [0.2, 0.25) is 0 Å². The van der Waals surface area contributed by atoms with E-state index in [1.54, 1.807) is 6.20 Å². The largest absolute Gasteiger partial charge is 0.375 e. The van der Waals surface area contributed by atoms with E-state index in [4.69, 9.17) is 4.74 Å². The minimum Gasteiger partial charge on any atom is -0.375 e. The van der Waals surface area contributed by atoms with Gasteiger partial charge in [0.2, 0.25) is 0 Å². The summed E-state index contributed by atoms with van der Waals surface area (Å²) < 4.78 is 7.75.